The van der Waals surface area contributed by atoms with Crippen molar-refractivity contribution in [1.82, 2.24) is 10.2 Å². The van der Waals surface area contributed by atoms with Crippen LogP contribution in [0.5, 0.6) is 0 Å². The predicted molar refractivity (Wildman–Crippen MR) is 68.9 cm³/mol. The molecule has 0 spiro atoms. The third kappa shape index (κ3) is 2.06. The average molecular weight is 257 g/mol. The van der Waals surface area contributed by atoms with Crippen molar-refractivity contribution in [3.05, 3.63) is 35.9 Å². The van der Waals surface area contributed by atoms with Crippen LogP contribution in [-0.2, 0) is 10.3 Å². The number of imide groups is 1. The van der Waals surface area contributed by atoms with Gasteiger partial charge in [0.2, 0.25) is 0 Å². The van der Waals surface area contributed by atoms with Crippen LogP contribution in [0, 0.1) is 11.3 Å². The second kappa shape index (κ2) is 5.11. The van der Waals surface area contributed by atoms with Gasteiger partial charge in [-0.25, -0.2) is 4.79 Å². The Balaban J connectivity index is 2.36. The molecule has 5 nitrogen and oxygen atoms in total. The lowest BCUT2D eigenvalue weighted by molar-refractivity contribution is -0.131. The molecular weight excluding hydrogens is 242 g/mol. The summed E-state index contributed by atoms with van der Waals surface area (Å²) in [6.45, 7) is 1.99. The Morgan fingerprint density at radius 1 is 1.32 bits per heavy atom. The van der Waals surface area contributed by atoms with E-state index in [0.717, 1.165) is 10.5 Å². The van der Waals surface area contributed by atoms with Gasteiger partial charge in [0.05, 0.1) is 12.5 Å². The number of hydrogen-bond acceptors (Lipinski definition) is 3. The SMILES string of the molecule is CC[C@]1(c2ccccc2)NC(=O)N(CCC#N)C1=O. The molecule has 1 saturated heterocycles. The first kappa shape index (κ1) is 13.1. The van der Waals surface area contributed by atoms with Crippen molar-refractivity contribution in [3.63, 3.8) is 0 Å². The Hall–Kier alpha value is -2.35. The third-order valence-electron chi connectivity index (χ3n) is 3.42. The van der Waals surface area contributed by atoms with Crippen LogP contribution in [0.4, 0.5) is 4.79 Å². The van der Waals surface area contributed by atoms with Crippen LogP contribution in [0.3, 0.4) is 0 Å². The van der Waals surface area contributed by atoms with E-state index < -0.39 is 11.6 Å². The van der Waals surface area contributed by atoms with Crippen LogP contribution in [0.2, 0.25) is 0 Å². The zero-order valence-electron chi connectivity index (χ0n) is 10.7. The summed E-state index contributed by atoms with van der Waals surface area (Å²) in [5, 5.41) is 11.4. The second-order valence-electron chi connectivity index (χ2n) is 4.42. The van der Waals surface area contributed by atoms with E-state index in [-0.39, 0.29) is 18.9 Å². The van der Waals surface area contributed by atoms with Crippen molar-refractivity contribution >= 4 is 11.9 Å². The Morgan fingerprint density at radius 2 is 2.00 bits per heavy atom. The van der Waals surface area contributed by atoms with E-state index in [0.29, 0.717) is 6.42 Å². The third-order valence-corrected chi connectivity index (χ3v) is 3.42. The summed E-state index contributed by atoms with van der Waals surface area (Å²) < 4.78 is 0. The van der Waals surface area contributed by atoms with Crippen molar-refractivity contribution < 1.29 is 9.59 Å². The Kier molecular flexibility index (Phi) is 3.52. The van der Waals surface area contributed by atoms with Crippen molar-refractivity contribution in [1.29, 1.82) is 5.26 Å². The van der Waals surface area contributed by atoms with Crippen molar-refractivity contribution in [2.75, 3.05) is 6.54 Å². The lowest BCUT2D eigenvalue weighted by atomic mass is 9.87. The summed E-state index contributed by atoms with van der Waals surface area (Å²) in [7, 11) is 0. The zero-order valence-corrected chi connectivity index (χ0v) is 10.7. The molecule has 1 N–H and O–H groups in total. The molecule has 1 aromatic rings. The summed E-state index contributed by atoms with van der Waals surface area (Å²) in [5.74, 6) is -0.276. The molecule has 3 amide bonds. The first-order valence-electron chi connectivity index (χ1n) is 6.22. The maximum atomic E-state index is 12.5. The standard InChI is InChI=1S/C14H15N3O2/c1-2-14(11-7-4-3-5-8-11)12(18)17(10-6-9-15)13(19)16-14/h3-5,7-8H,2,6,10H2,1H3,(H,16,19)/t14-/m1/s1. The van der Waals surface area contributed by atoms with Crippen LogP contribution in [-0.4, -0.2) is 23.4 Å². The number of rotatable bonds is 4. The molecule has 0 aliphatic carbocycles. The fraction of sp³-hybridized carbons (Fsp3) is 0.357. The van der Waals surface area contributed by atoms with Gasteiger partial charge in [-0.15, -0.1) is 0 Å². The van der Waals surface area contributed by atoms with Gasteiger partial charge in [0.1, 0.15) is 5.54 Å². The van der Waals surface area contributed by atoms with Gasteiger partial charge in [0, 0.05) is 6.54 Å². The highest BCUT2D eigenvalue weighted by molar-refractivity contribution is 6.07. The van der Waals surface area contributed by atoms with E-state index >= 15 is 0 Å². The topological polar surface area (TPSA) is 73.2 Å². The minimum atomic E-state index is -0.992. The Labute approximate surface area is 111 Å². The van der Waals surface area contributed by atoms with Gasteiger partial charge < -0.3 is 5.32 Å². The monoisotopic (exact) mass is 257 g/mol. The molecule has 0 bridgehead atoms. The van der Waals surface area contributed by atoms with Crippen molar-refractivity contribution in [3.8, 4) is 6.07 Å². The second-order valence-corrected chi connectivity index (χ2v) is 4.42. The molecule has 1 aliphatic heterocycles. The molecule has 0 radical (unpaired) electrons. The van der Waals surface area contributed by atoms with Gasteiger partial charge in [-0.2, -0.15) is 5.26 Å². The number of urea groups is 1. The maximum Gasteiger partial charge on any atom is 0.325 e. The number of nitrogens with zero attached hydrogens (tertiary/aromatic N) is 2. The number of carbonyl (C=O) groups excluding carboxylic acids is 2. The molecular formula is C14H15N3O2. The largest absolute Gasteiger partial charge is 0.325 e. The maximum absolute atomic E-state index is 12.5. The molecule has 1 aliphatic rings. The number of benzene rings is 1. The van der Waals surface area contributed by atoms with E-state index in [1.54, 1.807) is 0 Å². The lowest BCUT2D eigenvalue weighted by Gasteiger charge is -2.25. The van der Waals surface area contributed by atoms with Gasteiger partial charge in [-0.3, -0.25) is 9.69 Å². The lowest BCUT2D eigenvalue weighted by Crippen LogP contribution is -2.43. The summed E-state index contributed by atoms with van der Waals surface area (Å²) in [5.41, 5.74) is -0.219. The van der Waals surface area contributed by atoms with E-state index in [4.69, 9.17) is 5.26 Å². The normalized spacial score (nSPS) is 22.2. The first-order chi connectivity index (χ1) is 9.15. The van der Waals surface area contributed by atoms with E-state index in [1.807, 2.05) is 43.3 Å². The number of nitrogens with one attached hydrogen (secondary N) is 1. The zero-order chi connectivity index (χ0) is 13.9. The first-order valence-corrected chi connectivity index (χ1v) is 6.22. The average Bonchev–Trinajstić information content (AvgIpc) is 2.70. The minimum Gasteiger partial charge on any atom is -0.319 e. The highest BCUT2D eigenvalue weighted by atomic mass is 16.2. The number of hydrogen-bond donors (Lipinski definition) is 1. The molecule has 1 fully saturated rings. The van der Waals surface area contributed by atoms with Crippen LogP contribution < -0.4 is 5.32 Å². The minimum absolute atomic E-state index is 0.135. The van der Waals surface area contributed by atoms with Crippen molar-refractivity contribution in [2.24, 2.45) is 0 Å². The highest BCUT2D eigenvalue weighted by Crippen LogP contribution is 2.32. The molecule has 0 aromatic heterocycles. The molecule has 0 saturated carbocycles. The molecule has 19 heavy (non-hydrogen) atoms. The fourth-order valence-corrected chi connectivity index (χ4v) is 2.35. The Bertz CT molecular complexity index is 535. The van der Waals surface area contributed by atoms with Gasteiger partial charge in [-0.05, 0) is 12.0 Å². The predicted octanol–water partition coefficient (Wildman–Crippen LogP) is 1.76. The summed E-state index contributed by atoms with van der Waals surface area (Å²) in [4.78, 5) is 25.6. The van der Waals surface area contributed by atoms with Crippen LogP contribution in [0.25, 0.3) is 0 Å². The quantitative estimate of drug-likeness (QED) is 0.835. The number of carbonyl (C=O) groups is 2. The molecule has 5 heteroatoms. The van der Waals surface area contributed by atoms with Gasteiger partial charge >= 0.3 is 6.03 Å². The molecule has 1 heterocycles. The summed E-state index contributed by atoms with van der Waals surface area (Å²) in [6, 6.07) is 10.7. The number of nitriles is 1. The molecule has 98 valence electrons. The van der Waals surface area contributed by atoms with Gasteiger partial charge in [-0.1, -0.05) is 37.3 Å². The van der Waals surface area contributed by atoms with Crippen LogP contribution >= 0.6 is 0 Å². The summed E-state index contributed by atoms with van der Waals surface area (Å²) >= 11 is 0. The Morgan fingerprint density at radius 3 is 2.58 bits per heavy atom. The molecule has 0 unspecified atom stereocenters. The van der Waals surface area contributed by atoms with Gasteiger partial charge in [0.15, 0.2) is 0 Å². The molecule has 1 aromatic carbocycles. The smallest absolute Gasteiger partial charge is 0.319 e. The van der Waals surface area contributed by atoms with Crippen LogP contribution in [0.15, 0.2) is 30.3 Å². The van der Waals surface area contributed by atoms with E-state index in [2.05, 4.69) is 5.32 Å². The van der Waals surface area contributed by atoms with Crippen molar-refractivity contribution in [2.45, 2.75) is 25.3 Å². The molecule has 2 rings (SSSR count). The van der Waals surface area contributed by atoms with Gasteiger partial charge in [0.25, 0.3) is 5.91 Å². The van der Waals surface area contributed by atoms with E-state index in [1.165, 1.54) is 0 Å². The summed E-state index contributed by atoms with van der Waals surface area (Å²) in [6.07, 6.45) is 0.623. The fourth-order valence-electron chi connectivity index (χ4n) is 2.35. The molecule has 1 atom stereocenters. The number of amides is 3. The van der Waals surface area contributed by atoms with Crippen LogP contribution in [0.1, 0.15) is 25.3 Å². The highest BCUT2D eigenvalue weighted by Gasteiger charge is 2.50. The van der Waals surface area contributed by atoms with E-state index in [9.17, 15) is 9.59 Å².